The smallest absolute Gasteiger partial charge is 0.400 e. The summed E-state index contributed by atoms with van der Waals surface area (Å²) in [5.41, 5.74) is 1.16. The van der Waals surface area contributed by atoms with Crippen LogP contribution in [0.5, 0.6) is 0 Å². The van der Waals surface area contributed by atoms with Crippen LogP contribution in [0.25, 0.3) is 0 Å². The van der Waals surface area contributed by atoms with Gasteiger partial charge in [0.05, 0.1) is 11.2 Å². The molecule has 0 radical (unpaired) electrons. The second-order valence-corrected chi connectivity index (χ2v) is 9.47. The van der Waals surface area contributed by atoms with E-state index in [1.54, 1.807) is 0 Å². The molecule has 0 saturated carbocycles. The van der Waals surface area contributed by atoms with Crippen molar-refractivity contribution in [3.05, 3.63) is 70.1 Å². The Kier molecular flexibility index (Phi) is 10.1. The van der Waals surface area contributed by atoms with Crippen LogP contribution >= 0.6 is 15.9 Å². The first-order valence-corrected chi connectivity index (χ1v) is 10.6. The fraction of sp³-hybridized carbons (Fsp3) is 0.455. The monoisotopic (exact) mass is 518 g/mol. The van der Waals surface area contributed by atoms with Gasteiger partial charge in [-0.25, -0.2) is 18.7 Å². The molecule has 3 heterocycles. The van der Waals surface area contributed by atoms with E-state index in [1.165, 1.54) is 18.5 Å². The average Bonchev–Trinajstić information content (AvgIpc) is 2.89. The van der Waals surface area contributed by atoms with Gasteiger partial charge < -0.3 is 9.31 Å². The molecule has 32 heavy (non-hydrogen) atoms. The first-order valence-electron chi connectivity index (χ1n) is 9.86. The topological polar surface area (TPSA) is 44.2 Å². The van der Waals surface area contributed by atoms with Gasteiger partial charge in [-0.1, -0.05) is 19.3 Å². The number of hydrogen-bond donors (Lipinski definition) is 0. The summed E-state index contributed by atoms with van der Waals surface area (Å²) in [5, 5.41) is 0. The van der Waals surface area contributed by atoms with Gasteiger partial charge >= 0.3 is 7.12 Å². The van der Waals surface area contributed by atoms with Crippen molar-refractivity contribution < 1.29 is 26.9 Å². The summed E-state index contributed by atoms with van der Waals surface area (Å²) in [6.07, 6.45) is 2.54. The van der Waals surface area contributed by atoms with E-state index >= 15 is 0 Å². The molecule has 2 aromatic rings. The van der Waals surface area contributed by atoms with E-state index in [9.17, 15) is 17.6 Å². The van der Waals surface area contributed by atoms with Crippen LogP contribution < -0.4 is 0 Å². The standard InChI is InChI=1S/C9H17BO2.C8H9F2N.C5H2BrF2N/c1-7(2)10-11-8(3,4)9(5,6)12-10;1-5(2)6-3-7(9)8(10)11-4-6;6-3-1-4(7)5(8)9-2-3/h1H2,2-6H3;3-5H,1-2H3;1-2H. The van der Waals surface area contributed by atoms with Gasteiger partial charge in [-0.3, -0.25) is 0 Å². The van der Waals surface area contributed by atoms with Gasteiger partial charge in [0.1, 0.15) is 0 Å². The maximum atomic E-state index is 12.5. The van der Waals surface area contributed by atoms with Crippen LogP contribution in [0.1, 0.15) is 59.9 Å². The second-order valence-electron chi connectivity index (χ2n) is 8.56. The molecule has 0 unspecified atom stereocenters. The molecule has 3 rings (SSSR count). The van der Waals surface area contributed by atoms with Gasteiger partial charge in [-0.15, -0.1) is 6.58 Å². The van der Waals surface area contributed by atoms with Crippen molar-refractivity contribution in [2.45, 2.75) is 65.6 Å². The van der Waals surface area contributed by atoms with Crippen LogP contribution in [0, 0.1) is 23.5 Å². The Labute approximate surface area is 195 Å². The van der Waals surface area contributed by atoms with Gasteiger partial charge in [0, 0.05) is 16.9 Å². The van der Waals surface area contributed by atoms with Crippen LogP contribution in [0.2, 0.25) is 0 Å². The first kappa shape index (κ1) is 28.3. The fourth-order valence-corrected chi connectivity index (χ4v) is 2.50. The number of halogens is 5. The molecule has 10 heteroatoms. The summed E-state index contributed by atoms with van der Waals surface area (Å²) in [7, 11) is -0.241. The van der Waals surface area contributed by atoms with Crippen molar-refractivity contribution in [1.29, 1.82) is 0 Å². The van der Waals surface area contributed by atoms with E-state index < -0.39 is 23.5 Å². The van der Waals surface area contributed by atoms with E-state index in [0.717, 1.165) is 11.5 Å². The Morgan fingerprint density at radius 3 is 1.69 bits per heavy atom. The highest BCUT2D eigenvalue weighted by atomic mass is 79.9. The molecule has 1 aliphatic rings. The summed E-state index contributed by atoms with van der Waals surface area (Å²) < 4.78 is 60.7. The highest BCUT2D eigenvalue weighted by molar-refractivity contribution is 9.10. The molecule has 0 spiro atoms. The lowest BCUT2D eigenvalue weighted by molar-refractivity contribution is 0.00578. The minimum atomic E-state index is -1.07. The Bertz CT molecular complexity index is 926. The Morgan fingerprint density at radius 1 is 0.938 bits per heavy atom. The molecule has 0 aliphatic carbocycles. The number of rotatable bonds is 2. The summed E-state index contributed by atoms with van der Waals surface area (Å²) >= 11 is 2.93. The minimum absolute atomic E-state index is 0.178. The molecule has 0 amide bonds. The third-order valence-electron chi connectivity index (χ3n) is 4.90. The maximum absolute atomic E-state index is 12.5. The van der Waals surface area contributed by atoms with Crippen LogP contribution in [-0.2, 0) is 9.31 Å². The largest absolute Gasteiger partial charge is 0.489 e. The van der Waals surface area contributed by atoms with E-state index in [1.807, 2.05) is 48.5 Å². The fourth-order valence-electron chi connectivity index (χ4n) is 2.19. The molecule has 0 N–H and O–H groups in total. The maximum Gasteiger partial charge on any atom is 0.489 e. The number of allylic oxidation sites excluding steroid dienone is 1. The number of pyridine rings is 2. The summed E-state index contributed by atoms with van der Waals surface area (Å²) in [5.74, 6) is -3.74. The Hall–Kier alpha value is -1.78. The summed E-state index contributed by atoms with van der Waals surface area (Å²) in [6, 6.07) is 2.19. The van der Waals surface area contributed by atoms with E-state index in [0.29, 0.717) is 10.0 Å². The van der Waals surface area contributed by atoms with Crippen molar-refractivity contribution in [3.63, 3.8) is 0 Å². The molecule has 4 nitrogen and oxygen atoms in total. The SMILES string of the molecule is C=C(C)B1OC(C)(C)C(C)(C)O1.CC(C)c1cnc(F)c(F)c1.Fc1cc(Br)cnc1F. The molecule has 0 bridgehead atoms. The molecular weight excluding hydrogens is 491 g/mol. The zero-order valence-electron chi connectivity index (χ0n) is 19.3. The number of aromatic nitrogens is 2. The van der Waals surface area contributed by atoms with Gasteiger partial charge in [0.15, 0.2) is 11.6 Å². The van der Waals surface area contributed by atoms with E-state index in [4.69, 9.17) is 9.31 Å². The summed E-state index contributed by atoms with van der Waals surface area (Å²) in [4.78, 5) is 6.35. The summed E-state index contributed by atoms with van der Waals surface area (Å²) in [6.45, 7) is 17.7. The third-order valence-corrected chi connectivity index (χ3v) is 5.34. The van der Waals surface area contributed by atoms with Crippen molar-refractivity contribution in [3.8, 4) is 0 Å². The van der Waals surface area contributed by atoms with Gasteiger partial charge in [-0.05, 0) is 74.2 Å². The van der Waals surface area contributed by atoms with Crippen LogP contribution in [0.3, 0.4) is 0 Å². The zero-order chi connectivity index (χ0) is 24.9. The first-order chi connectivity index (χ1) is 14.6. The Balaban J connectivity index is 0.000000242. The minimum Gasteiger partial charge on any atom is -0.400 e. The van der Waals surface area contributed by atoms with Crippen molar-refractivity contribution in [2.24, 2.45) is 0 Å². The van der Waals surface area contributed by atoms with Gasteiger partial charge in [0.2, 0.25) is 11.9 Å². The zero-order valence-corrected chi connectivity index (χ0v) is 20.9. The molecule has 0 aromatic carbocycles. The number of nitrogens with zero attached hydrogens (tertiary/aromatic N) is 2. The predicted molar refractivity (Wildman–Crippen MR) is 121 cm³/mol. The van der Waals surface area contributed by atoms with Crippen molar-refractivity contribution in [1.82, 2.24) is 9.97 Å². The van der Waals surface area contributed by atoms with Gasteiger partial charge in [-0.2, -0.15) is 8.78 Å². The highest BCUT2D eigenvalue weighted by Gasteiger charge is 2.51. The Morgan fingerprint density at radius 2 is 1.38 bits per heavy atom. The number of hydrogen-bond acceptors (Lipinski definition) is 4. The predicted octanol–water partition coefficient (Wildman–Crippen LogP) is 6.80. The molecule has 0 atom stereocenters. The van der Waals surface area contributed by atoms with Crippen LogP contribution in [0.15, 0.2) is 41.1 Å². The lowest BCUT2D eigenvalue weighted by Crippen LogP contribution is -2.41. The average molecular weight is 519 g/mol. The quantitative estimate of drug-likeness (QED) is 0.249. The lowest BCUT2D eigenvalue weighted by atomic mass is 9.81. The molecule has 1 fully saturated rings. The normalized spacial score (nSPS) is 16.1. The van der Waals surface area contributed by atoms with E-state index in [-0.39, 0.29) is 24.2 Å². The molecule has 2 aromatic heterocycles. The van der Waals surface area contributed by atoms with E-state index in [2.05, 4.69) is 32.5 Å². The molecule has 176 valence electrons. The lowest BCUT2D eigenvalue weighted by Gasteiger charge is -2.32. The van der Waals surface area contributed by atoms with Crippen LogP contribution in [0.4, 0.5) is 17.6 Å². The molecule has 1 saturated heterocycles. The highest BCUT2D eigenvalue weighted by Crippen LogP contribution is 2.38. The molecular formula is C22H28BBrF4N2O2. The van der Waals surface area contributed by atoms with Crippen molar-refractivity contribution >= 4 is 23.0 Å². The molecule has 1 aliphatic heterocycles. The third kappa shape index (κ3) is 7.97. The van der Waals surface area contributed by atoms with Gasteiger partial charge in [0.25, 0.3) is 0 Å². The van der Waals surface area contributed by atoms with Crippen LogP contribution in [-0.4, -0.2) is 28.3 Å². The second kappa shape index (κ2) is 11.4. The van der Waals surface area contributed by atoms with Crippen molar-refractivity contribution in [2.75, 3.05) is 0 Å².